The Labute approximate surface area is 133 Å². The van der Waals surface area contributed by atoms with E-state index in [1.54, 1.807) is 0 Å². The van der Waals surface area contributed by atoms with E-state index in [0.717, 1.165) is 10.6 Å². The fraction of sp³-hybridized carbons (Fsp3) is 0.250. The van der Waals surface area contributed by atoms with Gasteiger partial charge in [-0.3, -0.25) is 0 Å². The molecule has 1 atom stereocenters. The third-order valence-corrected chi connectivity index (χ3v) is 4.00. The van der Waals surface area contributed by atoms with Gasteiger partial charge in [0.15, 0.2) is 11.5 Å². The predicted octanol–water partition coefficient (Wildman–Crippen LogP) is 4.57. The van der Waals surface area contributed by atoms with Gasteiger partial charge in [-0.2, -0.15) is 0 Å². The van der Waals surface area contributed by atoms with Crippen LogP contribution in [0.25, 0.3) is 0 Å². The summed E-state index contributed by atoms with van der Waals surface area (Å²) in [6.07, 6.45) is 0. The first kappa shape index (κ1) is 14.5. The summed E-state index contributed by atoms with van der Waals surface area (Å²) in [7, 11) is 0. The topological polar surface area (TPSA) is 30.5 Å². The summed E-state index contributed by atoms with van der Waals surface area (Å²) in [6.45, 7) is 3.03. The molecular formula is C16H15Cl2NO2. The first-order valence-electron chi connectivity index (χ1n) is 6.70. The first-order chi connectivity index (χ1) is 10.1. The molecule has 1 aliphatic heterocycles. The van der Waals surface area contributed by atoms with Crippen LogP contribution in [0.1, 0.15) is 24.1 Å². The smallest absolute Gasteiger partial charge is 0.231 e. The maximum Gasteiger partial charge on any atom is 0.231 e. The summed E-state index contributed by atoms with van der Waals surface area (Å²) in [6, 6.07) is 11.9. The number of benzene rings is 2. The Morgan fingerprint density at radius 1 is 1.14 bits per heavy atom. The molecule has 3 rings (SSSR count). The molecule has 1 aliphatic rings. The molecule has 0 spiro atoms. The van der Waals surface area contributed by atoms with E-state index in [-0.39, 0.29) is 12.8 Å². The van der Waals surface area contributed by atoms with Crippen molar-refractivity contribution in [3.05, 3.63) is 57.6 Å². The van der Waals surface area contributed by atoms with Gasteiger partial charge in [0.2, 0.25) is 6.79 Å². The average Bonchev–Trinajstić information content (AvgIpc) is 2.94. The molecule has 5 heteroatoms. The van der Waals surface area contributed by atoms with E-state index in [4.69, 9.17) is 32.7 Å². The molecule has 21 heavy (non-hydrogen) atoms. The van der Waals surface area contributed by atoms with Crippen molar-refractivity contribution in [1.29, 1.82) is 0 Å². The number of ether oxygens (including phenoxy) is 2. The summed E-state index contributed by atoms with van der Waals surface area (Å²) in [4.78, 5) is 0. The minimum atomic E-state index is 0.214. The molecule has 0 saturated carbocycles. The van der Waals surface area contributed by atoms with Gasteiger partial charge in [0.1, 0.15) is 0 Å². The van der Waals surface area contributed by atoms with Crippen LogP contribution in [0.5, 0.6) is 11.5 Å². The molecular weight excluding hydrogens is 309 g/mol. The highest BCUT2D eigenvalue weighted by molar-refractivity contribution is 6.32. The number of halogens is 2. The molecule has 0 amide bonds. The highest BCUT2D eigenvalue weighted by atomic mass is 35.5. The van der Waals surface area contributed by atoms with Gasteiger partial charge in [0.05, 0.1) is 5.02 Å². The second-order valence-electron chi connectivity index (χ2n) is 4.97. The van der Waals surface area contributed by atoms with Crippen LogP contribution in [0.15, 0.2) is 36.4 Å². The van der Waals surface area contributed by atoms with Gasteiger partial charge in [-0.05, 0) is 42.3 Å². The van der Waals surface area contributed by atoms with Crippen LogP contribution in [0.4, 0.5) is 0 Å². The molecule has 2 aromatic rings. The summed E-state index contributed by atoms with van der Waals surface area (Å²) in [5.74, 6) is 1.34. The summed E-state index contributed by atoms with van der Waals surface area (Å²) in [5, 5.41) is 4.78. The molecule has 0 saturated heterocycles. The third kappa shape index (κ3) is 3.26. The lowest BCUT2D eigenvalue weighted by Gasteiger charge is -2.15. The van der Waals surface area contributed by atoms with Crippen molar-refractivity contribution in [3.8, 4) is 11.5 Å². The number of fused-ring (bicyclic) bond motifs is 1. The fourth-order valence-corrected chi connectivity index (χ4v) is 2.68. The maximum absolute atomic E-state index is 6.18. The fourth-order valence-electron chi connectivity index (χ4n) is 2.26. The van der Waals surface area contributed by atoms with Crippen LogP contribution in [0, 0.1) is 0 Å². The first-order valence-corrected chi connectivity index (χ1v) is 7.46. The molecule has 0 bridgehead atoms. The van der Waals surface area contributed by atoms with E-state index in [1.165, 1.54) is 5.56 Å². The predicted molar refractivity (Wildman–Crippen MR) is 84.3 cm³/mol. The third-order valence-electron chi connectivity index (χ3n) is 3.47. The van der Waals surface area contributed by atoms with Crippen LogP contribution in [0.3, 0.4) is 0 Å². The van der Waals surface area contributed by atoms with Crippen molar-refractivity contribution in [1.82, 2.24) is 5.32 Å². The van der Waals surface area contributed by atoms with Gasteiger partial charge in [0.25, 0.3) is 0 Å². The second-order valence-corrected chi connectivity index (χ2v) is 5.81. The summed E-state index contributed by atoms with van der Waals surface area (Å²) >= 11 is 12.1. The Bertz CT molecular complexity index is 643. The van der Waals surface area contributed by atoms with Crippen molar-refractivity contribution < 1.29 is 9.47 Å². The molecule has 3 nitrogen and oxygen atoms in total. The zero-order chi connectivity index (χ0) is 14.8. The van der Waals surface area contributed by atoms with Crippen molar-refractivity contribution in [2.24, 2.45) is 0 Å². The van der Waals surface area contributed by atoms with E-state index in [9.17, 15) is 0 Å². The molecule has 0 fully saturated rings. The quantitative estimate of drug-likeness (QED) is 0.893. The van der Waals surface area contributed by atoms with Crippen molar-refractivity contribution >= 4 is 23.2 Å². The number of hydrogen-bond acceptors (Lipinski definition) is 3. The lowest BCUT2D eigenvalue weighted by atomic mass is 10.1. The highest BCUT2D eigenvalue weighted by Gasteiger charge is 2.18. The van der Waals surface area contributed by atoms with E-state index in [1.807, 2.05) is 36.4 Å². The molecule has 110 valence electrons. The summed E-state index contributed by atoms with van der Waals surface area (Å²) < 4.78 is 10.7. The lowest BCUT2D eigenvalue weighted by Crippen LogP contribution is -2.18. The average molecular weight is 324 g/mol. The van der Waals surface area contributed by atoms with Crippen LogP contribution in [-0.4, -0.2) is 6.79 Å². The molecule has 2 aromatic carbocycles. The minimum Gasteiger partial charge on any atom is -0.454 e. The zero-order valence-corrected chi connectivity index (χ0v) is 13.0. The molecule has 1 N–H and O–H groups in total. The summed E-state index contributed by atoms with van der Waals surface area (Å²) in [5.41, 5.74) is 2.25. The van der Waals surface area contributed by atoms with Gasteiger partial charge in [0, 0.05) is 17.6 Å². The monoisotopic (exact) mass is 323 g/mol. The van der Waals surface area contributed by atoms with E-state index in [2.05, 4.69) is 12.2 Å². The Morgan fingerprint density at radius 2 is 1.90 bits per heavy atom. The van der Waals surface area contributed by atoms with Crippen molar-refractivity contribution in [2.75, 3.05) is 6.79 Å². The number of hydrogen-bond donors (Lipinski definition) is 1. The standard InChI is InChI=1S/C16H15Cl2NO2/c1-10(12-2-4-13(17)5-3-12)19-8-11-6-14(18)16-15(7-11)20-9-21-16/h2-7,10,19H,8-9H2,1H3/t10-/m1/s1. The van der Waals surface area contributed by atoms with Crippen LogP contribution >= 0.6 is 23.2 Å². The second kappa shape index (κ2) is 6.14. The number of nitrogens with one attached hydrogen (secondary N) is 1. The Balaban J connectivity index is 1.67. The molecule has 0 radical (unpaired) electrons. The van der Waals surface area contributed by atoms with E-state index >= 15 is 0 Å². The molecule has 0 aliphatic carbocycles. The molecule has 0 aromatic heterocycles. The molecule has 0 unspecified atom stereocenters. The van der Waals surface area contributed by atoms with Gasteiger partial charge in [-0.1, -0.05) is 35.3 Å². The zero-order valence-electron chi connectivity index (χ0n) is 11.5. The maximum atomic E-state index is 6.18. The van der Waals surface area contributed by atoms with Crippen LogP contribution in [-0.2, 0) is 6.54 Å². The Hall–Kier alpha value is -1.42. The Morgan fingerprint density at radius 3 is 2.67 bits per heavy atom. The molecule has 1 heterocycles. The van der Waals surface area contributed by atoms with Gasteiger partial charge in [-0.25, -0.2) is 0 Å². The number of rotatable bonds is 4. The van der Waals surface area contributed by atoms with E-state index in [0.29, 0.717) is 23.1 Å². The van der Waals surface area contributed by atoms with E-state index < -0.39 is 0 Å². The van der Waals surface area contributed by atoms with Crippen molar-refractivity contribution in [2.45, 2.75) is 19.5 Å². The van der Waals surface area contributed by atoms with Crippen LogP contribution in [0.2, 0.25) is 10.0 Å². The van der Waals surface area contributed by atoms with Gasteiger partial charge in [-0.15, -0.1) is 0 Å². The van der Waals surface area contributed by atoms with Gasteiger partial charge >= 0.3 is 0 Å². The highest BCUT2D eigenvalue weighted by Crippen LogP contribution is 2.39. The Kier molecular flexibility index (Phi) is 4.24. The minimum absolute atomic E-state index is 0.214. The van der Waals surface area contributed by atoms with Gasteiger partial charge < -0.3 is 14.8 Å². The lowest BCUT2D eigenvalue weighted by molar-refractivity contribution is 0.174. The SMILES string of the molecule is C[C@@H](NCc1cc(Cl)c2c(c1)OCO2)c1ccc(Cl)cc1. The van der Waals surface area contributed by atoms with Crippen LogP contribution < -0.4 is 14.8 Å². The largest absolute Gasteiger partial charge is 0.454 e. The normalized spacial score (nSPS) is 14.2. The van der Waals surface area contributed by atoms with Crippen molar-refractivity contribution in [3.63, 3.8) is 0 Å².